The van der Waals surface area contributed by atoms with Crippen molar-refractivity contribution in [2.75, 3.05) is 13.6 Å². The number of rotatable bonds is 5. The molecule has 0 aliphatic heterocycles. The lowest BCUT2D eigenvalue weighted by Crippen LogP contribution is -2.37. The lowest BCUT2D eigenvalue weighted by Gasteiger charge is -2.10. The third-order valence-corrected chi connectivity index (χ3v) is 5.24. The molecule has 0 unspecified atom stereocenters. The van der Waals surface area contributed by atoms with Crippen molar-refractivity contribution in [1.82, 2.24) is 25.0 Å². The van der Waals surface area contributed by atoms with Gasteiger partial charge in [-0.3, -0.25) is 4.99 Å². The Hall–Kier alpha value is -1.68. The highest BCUT2D eigenvalue weighted by Crippen LogP contribution is 2.16. The highest BCUT2D eigenvalue weighted by molar-refractivity contribution is 14.0. The summed E-state index contributed by atoms with van der Waals surface area (Å²) in [6.45, 7) is 7.68. The van der Waals surface area contributed by atoms with Crippen molar-refractivity contribution in [3.05, 3.63) is 51.4 Å². The number of aromatic nitrogens is 3. The van der Waals surface area contributed by atoms with E-state index in [-0.39, 0.29) is 24.0 Å². The number of nitrogens with zero attached hydrogens (tertiary/aromatic N) is 4. The molecule has 0 amide bonds. The lowest BCUT2D eigenvalue weighted by atomic mass is 10.4. The van der Waals surface area contributed by atoms with Gasteiger partial charge in [-0.2, -0.15) is 0 Å². The molecule has 6 nitrogen and oxygen atoms in total. The summed E-state index contributed by atoms with van der Waals surface area (Å²) in [5.41, 5.74) is 4.26. The molecule has 0 atom stereocenters. The van der Waals surface area contributed by atoms with Crippen molar-refractivity contribution in [2.45, 2.75) is 33.7 Å². The average Bonchev–Trinajstić information content (AvgIpc) is 3.15. The molecule has 0 aromatic carbocycles. The fourth-order valence-corrected chi connectivity index (χ4v) is 3.55. The maximum atomic E-state index is 4.63. The maximum absolute atomic E-state index is 4.63. The average molecular weight is 484 g/mol. The number of thiazole rings is 1. The predicted octanol–water partition coefficient (Wildman–Crippen LogP) is 3.24. The number of aryl methyl sites for hydroxylation is 3. The van der Waals surface area contributed by atoms with E-state index < -0.39 is 0 Å². The van der Waals surface area contributed by atoms with Gasteiger partial charge in [-0.25, -0.2) is 9.97 Å². The van der Waals surface area contributed by atoms with Gasteiger partial charge in [0, 0.05) is 36.8 Å². The zero-order valence-corrected chi connectivity index (χ0v) is 18.7. The molecule has 0 saturated heterocycles. The Labute approximate surface area is 175 Å². The number of imidazole rings is 1. The third kappa shape index (κ3) is 4.94. The number of pyridine rings is 1. The first-order valence-corrected chi connectivity index (χ1v) is 9.19. The summed E-state index contributed by atoms with van der Waals surface area (Å²) in [5, 5.41) is 7.81. The summed E-state index contributed by atoms with van der Waals surface area (Å²) in [6, 6.07) is 6.12. The molecule has 3 rings (SSSR count). The van der Waals surface area contributed by atoms with Crippen LogP contribution in [0.2, 0.25) is 0 Å². The lowest BCUT2D eigenvalue weighted by molar-refractivity contribution is 0.783. The Morgan fingerprint density at radius 1 is 1.19 bits per heavy atom. The topological polar surface area (TPSA) is 66.6 Å². The molecule has 0 saturated carbocycles. The third-order valence-electron chi connectivity index (χ3n) is 4.11. The molecule has 0 aliphatic carbocycles. The molecule has 2 N–H and O–H groups in total. The van der Waals surface area contributed by atoms with Crippen LogP contribution in [0.25, 0.3) is 5.65 Å². The molecule has 0 aliphatic rings. The molecule has 3 aromatic heterocycles. The van der Waals surface area contributed by atoms with Crippen LogP contribution in [0.5, 0.6) is 0 Å². The monoisotopic (exact) mass is 484 g/mol. The molecule has 3 heterocycles. The van der Waals surface area contributed by atoms with Crippen molar-refractivity contribution in [3.8, 4) is 0 Å². The summed E-state index contributed by atoms with van der Waals surface area (Å²) >= 11 is 1.76. The van der Waals surface area contributed by atoms with Gasteiger partial charge in [-0.15, -0.1) is 35.3 Å². The Balaban J connectivity index is 0.00000243. The minimum Gasteiger partial charge on any atom is -0.356 e. The van der Waals surface area contributed by atoms with Crippen molar-refractivity contribution < 1.29 is 0 Å². The first-order chi connectivity index (χ1) is 12.1. The summed E-state index contributed by atoms with van der Waals surface area (Å²) < 4.78 is 2.10. The molecule has 0 spiro atoms. The van der Waals surface area contributed by atoms with E-state index in [0.29, 0.717) is 6.54 Å². The summed E-state index contributed by atoms with van der Waals surface area (Å²) in [4.78, 5) is 14.8. The SMILES string of the molecule is CN=C(NCCc1nc(C)c(C)s1)NCc1cn2c(C)cccc2n1.I. The van der Waals surface area contributed by atoms with Crippen LogP contribution in [0.1, 0.15) is 27.0 Å². The van der Waals surface area contributed by atoms with Crippen LogP contribution in [-0.4, -0.2) is 33.9 Å². The quantitative estimate of drug-likeness (QED) is 0.332. The Morgan fingerprint density at radius 2 is 2.00 bits per heavy atom. The highest BCUT2D eigenvalue weighted by Gasteiger charge is 2.06. The van der Waals surface area contributed by atoms with Gasteiger partial charge in [0.05, 0.1) is 22.9 Å². The van der Waals surface area contributed by atoms with E-state index in [9.17, 15) is 0 Å². The molecule has 0 fully saturated rings. The Bertz CT molecular complexity index is 879. The van der Waals surface area contributed by atoms with Gasteiger partial charge in [0.15, 0.2) is 5.96 Å². The first-order valence-electron chi connectivity index (χ1n) is 8.38. The van der Waals surface area contributed by atoms with Gasteiger partial charge in [0.25, 0.3) is 0 Å². The van der Waals surface area contributed by atoms with E-state index >= 15 is 0 Å². The second kappa shape index (κ2) is 9.31. The van der Waals surface area contributed by atoms with Crippen molar-refractivity contribution in [2.24, 2.45) is 4.99 Å². The predicted molar refractivity (Wildman–Crippen MR) is 119 cm³/mol. The van der Waals surface area contributed by atoms with Gasteiger partial charge in [-0.1, -0.05) is 6.07 Å². The second-order valence-electron chi connectivity index (χ2n) is 5.98. The smallest absolute Gasteiger partial charge is 0.191 e. The normalized spacial score (nSPS) is 11.5. The minimum absolute atomic E-state index is 0. The summed E-state index contributed by atoms with van der Waals surface area (Å²) in [5.74, 6) is 0.777. The molecule has 26 heavy (non-hydrogen) atoms. The van der Waals surface area contributed by atoms with Gasteiger partial charge < -0.3 is 15.0 Å². The number of halogens is 1. The van der Waals surface area contributed by atoms with E-state index in [1.807, 2.05) is 12.1 Å². The zero-order chi connectivity index (χ0) is 17.8. The number of hydrogen-bond donors (Lipinski definition) is 2. The van der Waals surface area contributed by atoms with E-state index in [1.165, 1.54) is 10.6 Å². The molecule has 8 heteroatoms. The Morgan fingerprint density at radius 3 is 2.65 bits per heavy atom. The van der Waals surface area contributed by atoms with E-state index in [1.54, 1.807) is 18.4 Å². The van der Waals surface area contributed by atoms with Crippen LogP contribution in [-0.2, 0) is 13.0 Å². The molecule has 0 bridgehead atoms. The summed E-state index contributed by atoms with van der Waals surface area (Å²) in [7, 11) is 1.78. The van der Waals surface area contributed by atoms with Crippen molar-refractivity contribution in [1.29, 1.82) is 0 Å². The van der Waals surface area contributed by atoms with Gasteiger partial charge in [0.2, 0.25) is 0 Å². The first kappa shape index (κ1) is 20.6. The van der Waals surface area contributed by atoms with Crippen LogP contribution < -0.4 is 10.6 Å². The van der Waals surface area contributed by atoms with Crippen LogP contribution >= 0.6 is 35.3 Å². The summed E-state index contributed by atoms with van der Waals surface area (Å²) in [6.07, 6.45) is 2.96. The molecular formula is C18H25IN6S. The number of aliphatic imine (C=N–C) groups is 1. The van der Waals surface area contributed by atoms with Crippen LogP contribution in [0, 0.1) is 20.8 Å². The van der Waals surface area contributed by atoms with E-state index in [2.05, 4.69) is 63.0 Å². The van der Waals surface area contributed by atoms with Crippen molar-refractivity contribution >= 4 is 46.9 Å². The van der Waals surface area contributed by atoms with Crippen molar-refractivity contribution in [3.63, 3.8) is 0 Å². The molecule has 0 radical (unpaired) electrons. The number of nitrogens with one attached hydrogen (secondary N) is 2. The number of hydrogen-bond acceptors (Lipinski definition) is 4. The molecule has 140 valence electrons. The zero-order valence-electron chi connectivity index (χ0n) is 15.5. The van der Waals surface area contributed by atoms with Gasteiger partial charge >= 0.3 is 0 Å². The number of fused-ring (bicyclic) bond motifs is 1. The highest BCUT2D eigenvalue weighted by atomic mass is 127. The van der Waals surface area contributed by atoms with Crippen LogP contribution in [0.15, 0.2) is 29.4 Å². The standard InChI is InChI=1S/C18H24N6S.HI/c1-12-6-5-7-16-23-15(11-24(12)16)10-21-18(19-4)20-9-8-17-22-13(2)14(3)25-17;/h5-7,11H,8-10H2,1-4H3,(H2,19,20,21);1H. The second-order valence-corrected chi connectivity index (χ2v) is 7.27. The van der Waals surface area contributed by atoms with E-state index in [4.69, 9.17) is 0 Å². The fourth-order valence-electron chi connectivity index (χ4n) is 2.61. The minimum atomic E-state index is 0. The molecule has 3 aromatic rings. The Kier molecular flexibility index (Phi) is 7.39. The van der Waals surface area contributed by atoms with Crippen LogP contribution in [0.4, 0.5) is 0 Å². The van der Waals surface area contributed by atoms with E-state index in [0.717, 1.165) is 41.0 Å². The number of guanidine groups is 1. The van der Waals surface area contributed by atoms with Gasteiger partial charge in [-0.05, 0) is 32.9 Å². The van der Waals surface area contributed by atoms with Gasteiger partial charge in [0.1, 0.15) is 5.65 Å². The van der Waals surface area contributed by atoms with Crippen LogP contribution in [0.3, 0.4) is 0 Å². The molecular weight excluding hydrogens is 459 g/mol. The maximum Gasteiger partial charge on any atom is 0.191 e. The fraction of sp³-hybridized carbons (Fsp3) is 0.389. The largest absolute Gasteiger partial charge is 0.356 e.